The lowest BCUT2D eigenvalue weighted by molar-refractivity contribution is -0.141. The van der Waals surface area contributed by atoms with E-state index in [1.807, 2.05) is 0 Å². The number of hydrogen-bond donors (Lipinski definition) is 2. The Morgan fingerprint density at radius 1 is 1.00 bits per heavy atom. The lowest BCUT2D eigenvalue weighted by Gasteiger charge is -2.16. The second-order valence-corrected chi connectivity index (χ2v) is 7.46. The van der Waals surface area contributed by atoms with E-state index >= 15 is 0 Å². The van der Waals surface area contributed by atoms with Crippen molar-refractivity contribution in [2.75, 3.05) is 0 Å². The summed E-state index contributed by atoms with van der Waals surface area (Å²) in [5.41, 5.74) is 1.86. The number of nitrogens with one attached hydrogen (secondary N) is 1. The first-order valence-electron chi connectivity index (χ1n) is 9.52. The summed E-state index contributed by atoms with van der Waals surface area (Å²) in [6, 6.07) is 13.3. The molecular weight excluding hydrogens is 372 g/mol. The van der Waals surface area contributed by atoms with Crippen LogP contribution in [0, 0.1) is 5.92 Å². The average Bonchev–Trinajstić information content (AvgIpc) is 3.28. The van der Waals surface area contributed by atoms with Gasteiger partial charge in [0.2, 0.25) is 0 Å². The highest BCUT2D eigenvalue weighted by Gasteiger charge is 2.35. The van der Waals surface area contributed by atoms with Crippen molar-refractivity contribution in [2.45, 2.75) is 31.8 Å². The zero-order valence-corrected chi connectivity index (χ0v) is 15.6. The Kier molecular flexibility index (Phi) is 4.88. The molecule has 0 bridgehead atoms. The number of rotatable bonds is 5. The maximum atomic E-state index is 12.6. The molecule has 1 heterocycles. The number of benzene rings is 2. The molecule has 4 rings (SSSR count). The summed E-state index contributed by atoms with van der Waals surface area (Å²) in [6.45, 7) is 0.0813. The first kappa shape index (κ1) is 18.9. The molecule has 1 fully saturated rings. The fraction of sp³-hybridized carbons (Fsp3) is 0.273. The third kappa shape index (κ3) is 3.63. The molecule has 2 aromatic rings. The highest BCUT2D eigenvalue weighted by atomic mass is 16.4. The average molecular weight is 392 g/mol. The number of aliphatic carboxylic acids is 1. The lowest BCUT2D eigenvalue weighted by Crippen LogP contribution is -2.33. The summed E-state index contributed by atoms with van der Waals surface area (Å²) in [5, 5.41) is 12.0. The van der Waals surface area contributed by atoms with Crippen molar-refractivity contribution in [3.63, 3.8) is 0 Å². The Morgan fingerprint density at radius 2 is 1.69 bits per heavy atom. The summed E-state index contributed by atoms with van der Waals surface area (Å²) < 4.78 is 0. The van der Waals surface area contributed by atoms with Crippen LogP contribution in [-0.4, -0.2) is 39.7 Å². The number of imide groups is 1. The minimum absolute atomic E-state index is 0.0813. The van der Waals surface area contributed by atoms with E-state index in [0.29, 0.717) is 41.5 Å². The van der Waals surface area contributed by atoms with E-state index in [-0.39, 0.29) is 30.3 Å². The Hall–Kier alpha value is -3.48. The SMILES string of the molecule is O=C(N[C@@H]1CC[C@H](C(=O)O)C1)c1cccc(CN2C(=O)c3ccccc3C2=O)c1. The maximum Gasteiger partial charge on any atom is 0.306 e. The van der Waals surface area contributed by atoms with Crippen molar-refractivity contribution >= 4 is 23.7 Å². The minimum Gasteiger partial charge on any atom is -0.481 e. The number of nitrogens with zero attached hydrogens (tertiary/aromatic N) is 1. The fourth-order valence-electron chi connectivity index (χ4n) is 3.98. The first-order valence-corrected chi connectivity index (χ1v) is 9.52. The first-order chi connectivity index (χ1) is 13.9. The van der Waals surface area contributed by atoms with Crippen LogP contribution in [-0.2, 0) is 11.3 Å². The molecule has 1 aliphatic carbocycles. The number of carboxylic acids is 1. The molecule has 7 heteroatoms. The quantitative estimate of drug-likeness (QED) is 0.761. The molecule has 0 saturated heterocycles. The number of amides is 3. The van der Waals surface area contributed by atoms with E-state index < -0.39 is 11.9 Å². The van der Waals surface area contributed by atoms with Crippen molar-refractivity contribution in [1.29, 1.82) is 0 Å². The molecular formula is C22H20N2O5. The largest absolute Gasteiger partial charge is 0.481 e. The molecule has 0 unspecified atom stereocenters. The Morgan fingerprint density at radius 3 is 2.31 bits per heavy atom. The van der Waals surface area contributed by atoms with Gasteiger partial charge in [-0.3, -0.25) is 24.1 Å². The van der Waals surface area contributed by atoms with Crippen molar-refractivity contribution in [1.82, 2.24) is 10.2 Å². The van der Waals surface area contributed by atoms with Crippen LogP contribution in [0.4, 0.5) is 0 Å². The fourth-order valence-corrected chi connectivity index (χ4v) is 3.98. The van der Waals surface area contributed by atoms with Crippen LogP contribution < -0.4 is 5.32 Å². The van der Waals surface area contributed by atoms with Crippen molar-refractivity contribution < 1.29 is 24.3 Å². The van der Waals surface area contributed by atoms with Gasteiger partial charge in [0, 0.05) is 11.6 Å². The molecule has 7 nitrogen and oxygen atoms in total. The number of carboxylic acid groups (broad SMARTS) is 1. The lowest BCUT2D eigenvalue weighted by atomic mass is 10.1. The van der Waals surface area contributed by atoms with Gasteiger partial charge in [0.1, 0.15) is 0 Å². The van der Waals surface area contributed by atoms with Crippen LogP contribution in [0.25, 0.3) is 0 Å². The van der Waals surface area contributed by atoms with Gasteiger partial charge in [0.05, 0.1) is 23.6 Å². The highest BCUT2D eigenvalue weighted by molar-refractivity contribution is 6.21. The van der Waals surface area contributed by atoms with Gasteiger partial charge in [0.25, 0.3) is 17.7 Å². The maximum absolute atomic E-state index is 12.6. The molecule has 29 heavy (non-hydrogen) atoms. The summed E-state index contributed by atoms with van der Waals surface area (Å²) in [5.74, 6) is -2.22. The molecule has 2 atom stereocenters. The third-order valence-electron chi connectivity index (χ3n) is 5.53. The van der Waals surface area contributed by atoms with Gasteiger partial charge in [-0.15, -0.1) is 0 Å². The second-order valence-electron chi connectivity index (χ2n) is 7.46. The van der Waals surface area contributed by atoms with Gasteiger partial charge in [-0.25, -0.2) is 0 Å². The highest BCUT2D eigenvalue weighted by Crippen LogP contribution is 2.26. The monoisotopic (exact) mass is 392 g/mol. The normalized spacial score (nSPS) is 20.6. The van der Waals surface area contributed by atoms with Crippen LogP contribution in [0.1, 0.15) is 55.9 Å². The zero-order valence-electron chi connectivity index (χ0n) is 15.6. The number of carbonyl (C=O) groups excluding carboxylic acids is 3. The van der Waals surface area contributed by atoms with Crippen molar-refractivity contribution in [3.8, 4) is 0 Å². The van der Waals surface area contributed by atoms with Crippen molar-refractivity contribution in [2.24, 2.45) is 5.92 Å². The molecule has 1 aliphatic heterocycles. The van der Waals surface area contributed by atoms with E-state index in [4.69, 9.17) is 5.11 Å². The Bertz CT molecular complexity index is 981. The molecule has 148 valence electrons. The molecule has 3 amide bonds. The van der Waals surface area contributed by atoms with E-state index in [1.165, 1.54) is 4.90 Å². The predicted octanol–water partition coefficient (Wildman–Crippen LogP) is 2.47. The molecule has 0 spiro atoms. The van der Waals surface area contributed by atoms with E-state index in [0.717, 1.165) is 0 Å². The van der Waals surface area contributed by atoms with Crippen LogP contribution in [0.15, 0.2) is 48.5 Å². The molecule has 2 aliphatic rings. The van der Waals surface area contributed by atoms with Crippen LogP contribution in [0.2, 0.25) is 0 Å². The number of hydrogen-bond acceptors (Lipinski definition) is 4. The second kappa shape index (κ2) is 7.50. The van der Waals surface area contributed by atoms with Crippen LogP contribution in [0.3, 0.4) is 0 Å². The van der Waals surface area contributed by atoms with Gasteiger partial charge in [0.15, 0.2) is 0 Å². The summed E-state index contributed by atoms with van der Waals surface area (Å²) >= 11 is 0. The van der Waals surface area contributed by atoms with E-state index in [2.05, 4.69) is 5.32 Å². The third-order valence-corrected chi connectivity index (χ3v) is 5.53. The Balaban J connectivity index is 1.44. The number of carbonyl (C=O) groups is 4. The Labute approximate surface area is 167 Å². The van der Waals surface area contributed by atoms with Crippen LogP contribution >= 0.6 is 0 Å². The topological polar surface area (TPSA) is 104 Å². The summed E-state index contributed by atoms with van der Waals surface area (Å²) in [6.07, 6.45) is 1.62. The van der Waals surface area contributed by atoms with Gasteiger partial charge in [-0.2, -0.15) is 0 Å². The van der Waals surface area contributed by atoms with E-state index in [1.54, 1.807) is 48.5 Å². The zero-order chi connectivity index (χ0) is 20.5. The van der Waals surface area contributed by atoms with Gasteiger partial charge in [-0.05, 0) is 49.1 Å². The molecule has 0 radical (unpaired) electrons. The minimum atomic E-state index is -0.829. The van der Waals surface area contributed by atoms with Gasteiger partial charge >= 0.3 is 5.97 Å². The number of fused-ring (bicyclic) bond motifs is 1. The standard InChI is InChI=1S/C22H20N2O5/c25-19(23-16-9-8-15(11-16)22(28)29)14-5-3-4-13(10-14)12-24-20(26)17-6-1-2-7-18(17)21(24)27/h1-7,10,15-16H,8-9,11-12H2,(H,23,25)(H,28,29)/t15-,16+/m0/s1. The van der Waals surface area contributed by atoms with Crippen molar-refractivity contribution in [3.05, 3.63) is 70.8 Å². The summed E-state index contributed by atoms with van der Waals surface area (Å²) in [7, 11) is 0. The molecule has 2 N–H and O–H groups in total. The van der Waals surface area contributed by atoms with Crippen LogP contribution in [0.5, 0.6) is 0 Å². The van der Waals surface area contributed by atoms with E-state index in [9.17, 15) is 19.2 Å². The summed E-state index contributed by atoms with van der Waals surface area (Å²) in [4.78, 5) is 49.9. The molecule has 1 saturated carbocycles. The smallest absolute Gasteiger partial charge is 0.306 e. The molecule has 2 aromatic carbocycles. The van der Waals surface area contributed by atoms with Gasteiger partial charge in [-0.1, -0.05) is 24.3 Å². The predicted molar refractivity (Wildman–Crippen MR) is 103 cm³/mol. The van der Waals surface area contributed by atoms with Gasteiger partial charge < -0.3 is 10.4 Å². The molecule has 0 aromatic heterocycles.